The molecule has 3 heterocycles. The maximum absolute atomic E-state index is 5.59. The molecule has 12 rings (SSSR count). The van der Waals surface area contributed by atoms with Crippen LogP contribution in [0.2, 0.25) is 0 Å². The number of hydrogen-bond donors (Lipinski definition) is 0. The van der Waals surface area contributed by atoms with Gasteiger partial charge in [-0.2, -0.15) is 0 Å². The number of aromatic nitrogens is 2. The minimum atomic E-state index is -0.292. The highest BCUT2D eigenvalue weighted by Gasteiger charge is 2.30. The van der Waals surface area contributed by atoms with Crippen molar-refractivity contribution in [2.75, 3.05) is 11.9 Å². The van der Waals surface area contributed by atoms with Gasteiger partial charge in [-0.15, -0.1) is 0 Å². The molecule has 0 aliphatic carbocycles. The number of benzene rings is 9. The van der Waals surface area contributed by atoms with Crippen LogP contribution in [-0.2, 0) is 0 Å². The van der Waals surface area contributed by atoms with Crippen LogP contribution in [0.4, 0.5) is 5.69 Å². The van der Waals surface area contributed by atoms with Crippen molar-refractivity contribution in [2.24, 2.45) is 4.99 Å². The highest BCUT2D eigenvalue weighted by Crippen LogP contribution is 2.43. The van der Waals surface area contributed by atoms with Gasteiger partial charge >= 0.3 is 0 Å². The van der Waals surface area contributed by atoms with Gasteiger partial charge in [0.15, 0.2) is 0 Å². The Hall–Kier alpha value is -7.43. The molecule has 2 aromatic heterocycles. The van der Waals surface area contributed by atoms with Gasteiger partial charge in [0.1, 0.15) is 0 Å². The fourth-order valence-corrected chi connectivity index (χ4v) is 9.43. The Morgan fingerprint density at radius 1 is 0.421 bits per heavy atom. The molecule has 0 radical (unpaired) electrons. The predicted molar refractivity (Wildman–Crippen MR) is 240 cm³/mol. The lowest BCUT2D eigenvalue weighted by atomic mass is 9.98. The molecule has 0 saturated carbocycles. The summed E-state index contributed by atoms with van der Waals surface area (Å²) in [6.45, 7) is 0. The number of rotatable bonds is 4. The van der Waals surface area contributed by atoms with Crippen LogP contribution in [0.15, 0.2) is 199 Å². The molecule has 0 amide bonds. The summed E-state index contributed by atoms with van der Waals surface area (Å²) in [7, 11) is 2.17. The van der Waals surface area contributed by atoms with Crippen LogP contribution in [0.25, 0.3) is 82.0 Å². The number of anilines is 1. The van der Waals surface area contributed by atoms with Crippen LogP contribution in [0.3, 0.4) is 0 Å². The van der Waals surface area contributed by atoms with E-state index in [2.05, 4.69) is 215 Å². The molecule has 1 aliphatic rings. The maximum Gasteiger partial charge on any atom is 0.203 e. The van der Waals surface area contributed by atoms with Crippen LogP contribution in [-0.4, -0.2) is 21.9 Å². The van der Waals surface area contributed by atoms with E-state index in [0.29, 0.717) is 0 Å². The van der Waals surface area contributed by atoms with Crippen molar-refractivity contribution < 1.29 is 0 Å². The van der Waals surface area contributed by atoms with Crippen molar-refractivity contribution in [3.05, 3.63) is 205 Å². The highest BCUT2D eigenvalue weighted by atomic mass is 15.4. The van der Waals surface area contributed by atoms with Gasteiger partial charge in [0.25, 0.3) is 0 Å². The maximum atomic E-state index is 5.59. The standard InChI is InChI=1S/C53H36N4/c1-55-46-21-11-10-20-43(46)52(36-15-3-2-4-16-36)54-53(55)57-49-29-26-39(33-45(49)51-41-18-8-7-14-35(41)24-30-50(51)57)38-25-28-48-44(32-38)42-19-9-12-22-47(42)56(48)40-27-23-34-13-5-6-17-37(34)31-40/h2-33,53H,1H3. The quantitative estimate of drug-likeness (QED) is 0.177. The Bertz CT molecular complexity index is 3440. The molecular formula is C53H36N4. The van der Waals surface area contributed by atoms with Crippen molar-refractivity contribution in [3.63, 3.8) is 0 Å². The van der Waals surface area contributed by atoms with Gasteiger partial charge in [-0.3, -0.25) is 0 Å². The number of para-hydroxylation sites is 2. The Labute approximate surface area is 329 Å². The van der Waals surface area contributed by atoms with Gasteiger partial charge in [-0.1, -0.05) is 140 Å². The lowest BCUT2D eigenvalue weighted by Crippen LogP contribution is -2.33. The molecule has 1 aliphatic heterocycles. The van der Waals surface area contributed by atoms with E-state index in [1.54, 1.807) is 0 Å². The van der Waals surface area contributed by atoms with Gasteiger partial charge in [0.05, 0.1) is 27.8 Å². The largest absolute Gasteiger partial charge is 0.335 e. The second kappa shape index (κ2) is 12.3. The molecular weight excluding hydrogens is 693 g/mol. The van der Waals surface area contributed by atoms with E-state index in [0.717, 1.165) is 22.4 Å². The number of nitrogens with zero attached hydrogens (tertiary/aromatic N) is 4. The fraction of sp³-hybridized carbons (Fsp3) is 0.0377. The zero-order valence-electron chi connectivity index (χ0n) is 31.3. The smallest absolute Gasteiger partial charge is 0.203 e. The van der Waals surface area contributed by atoms with E-state index in [1.807, 2.05) is 0 Å². The van der Waals surface area contributed by atoms with Crippen LogP contribution < -0.4 is 4.90 Å². The summed E-state index contributed by atoms with van der Waals surface area (Å²) < 4.78 is 4.85. The molecule has 9 aromatic carbocycles. The van der Waals surface area contributed by atoms with Gasteiger partial charge in [-0.05, 0) is 87.3 Å². The highest BCUT2D eigenvalue weighted by molar-refractivity contribution is 6.22. The minimum Gasteiger partial charge on any atom is -0.335 e. The summed E-state index contributed by atoms with van der Waals surface area (Å²) in [5.41, 5.74) is 12.7. The average molecular weight is 729 g/mol. The fourth-order valence-electron chi connectivity index (χ4n) is 9.43. The van der Waals surface area contributed by atoms with Crippen LogP contribution in [0.5, 0.6) is 0 Å². The van der Waals surface area contributed by atoms with Crippen LogP contribution in [0, 0.1) is 0 Å². The topological polar surface area (TPSA) is 25.5 Å². The van der Waals surface area contributed by atoms with E-state index in [1.165, 1.54) is 82.1 Å². The predicted octanol–water partition coefficient (Wildman–Crippen LogP) is 13.3. The molecule has 57 heavy (non-hydrogen) atoms. The summed E-state index contributed by atoms with van der Waals surface area (Å²) in [6, 6.07) is 70.7. The molecule has 0 fully saturated rings. The van der Waals surface area contributed by atoms with E-state index in [-0.39, 0.29) is 6.29 Å². The Kier molecular flexibility index (Phi) is 6.87. The third-order valence-electron chi connectivity index (χ3n) is 12.1. The number of hydrogen-bond acceptors (Lipinski definition) is 2. The third-order valence-corrected chi connectivity index (χ3v) is 12.1. The summed E-state index contributed by atoms with van der Waals surface area (Å²) in [5, 5.41) is 9.93. The van der Waals surface area contributed by atoms with Crippen molar-refractivity contribution in [3.8, 4) is 16.8 Å². The normalized spacial score (nSPS) is 14.3. The molecule has 0 N–H and O–H groups in total. The molecule has 1 unspecified atom stereocenters. The summed E-state index contributed by atoms with van der Waals surface area (Å²) >= 11 is 0. The van der Waals surface area contributed by atoms with Crippen molar-refractivity contribution in [1.82, 2.24) is 9.13 Å². The first-order valence-electron chi connectivity index (χ1n) is 19.6. The first-order chi connectivity index (χ1) is 28.2. The monoisotopic (exact) mass is 728 g/mol. The van der Waals surface area contributed by atoms with E-state index in [9.17, 15) is 0 Å². The molecule has 1 atom stereocenters. The van der Waals surface area contributed by atoms with Crippen LogP contribution in [0.1, 0.15) is 17.4 Å². The Morgan fingerprint density at radius 2 is 1.05 bits per heavy atom. The number of aliphatic imine (C=N–C) groups is 1. The van der Waals surface area contributed by atoms with E-state index in [4.69, 9.17) is 4.99 Å². The SMILES string of the molecule is CN1c2ccccc2C(c2ccccc2)=NC1n1c2ccc(-c3ccc4c(c3)c3ccccc3n4-c3ccc4ccccc4c3)cc2c2c3ccccc3ccc21. The Morgan fingerprint density at radius 3 is 1.91 bits per heavy atom. The molecule has 4 heteroatoms. The summed E-state index contributed by atoms with van der Waals surface area (Å²) in [5.74, 6) is 0. The summed E-state index contributed by atoms with van der Waals surface area (Å²) in [4.78, 5) is 7.91. The summed E-state index contributed by atoms with van der Waals surface area (Å²) in [6.07, 6.45) is -0.292. The zero-order chi connectivity index (χ0) is 37.6. The molecule has 268 valence electrons. The molecule has 0 spiro atoms. The van der Waals surface area contributed by atoms with Crippen molar-refractivity contribution in [1.29, 1.82) is 0 Å². The van der Waals surface area contributed by atoms with Gasteiger partial charge in [0, 0.05) is 51.1 Å². The van der Waals surface area contributed by atoms with E-state index >= 15 is 0 Å². The van der Waals surface area contributed by atoms with Crippen LogP contribution >= 0.6 is 0 Å². The average Bonchev–Trinajstić information content (AvgIpc) is 3.79. The molecule has 4 nitrogen and oxygen atoms in total. The first kappa shape index (κ1) is 31.9. The van der Waals surface area contributed by atoms with Gasteiger partial charge in [0.2, 0.25) is 6.29 Å². The molecule has 0 saturated heterocycles. The molecule has 0 bridgehead atoms. The second-order valence-electron chi connectivity index (χ2n) is 15.2. The third kappa shape index (κ3) is 4.77. The van der Waals surface area contributed by atoms with E-state index < -0.39 is 0 Å². The molecule has 11 aromatic rings. The Balaban J connectivity index is 1.08. The van der Waals surface area contributed by atoms with Crippen molar-refractivity contribution in [2.45, 2.75) is 6.29 Å². The second-order valence-corrected chi connectivity index (χ2v) is 15.2. The minimum absolute atomic E-state index is 0.292. The van der Waals surface area contributed by atoms with Crippen molar-refractivity contribution >= 4 is 76.6 Å². The first-order valence-corrected chi connectivity index (χ1v) is 19.6. The van der Waals surface area contributed by atoms with Gasteiger partial charge < -0.3 is 14.0 Å². The zero-order valence-corrected chi connectivity index (χ0v) is 31.3. The lowest BCUT2D eigenvalue weighted by Gasteiger charge is -2.35. The number of fused-ring (bicyclic) bond motifs is 10. The van der Waals surface area contributed by atoms with Gasteiger partial charge in [-0.25, -0.2) is 4.99 Å². The lowest BCUT2D eigenvalue weighted by molar-refractivity contribution is 0.540.